The summed E-state index contributed by atoms with van der Waals surface area (Å²) < 4.78 is 4.59. The van der Waals surface area contributed by atoms with Gasteiger partial charge in [-0.3, -0.25) is 14.4 Å². The van der Waals surface area contributed by atoms with Gasteiger partial charge in [0.2, 0.25) is 0 Å². The number of carboxylic acids is 1. The van der Waals surface area contributed by atoms with Crippen molar-refractivity contribution < 1.29 is 29.1 Å². The van der Waals surface area contributed by atoms with E-state index < -0.39 is 24.6 Å². The van der Waals surface area contributed by atoms with Crippen LogP contribution in [0.4, 0.5) is 0 Å². The number of ether oxygens (including phenoxy) is 1. The number of hydroxylamine groups is 1. The molecule has 0 radical (unpaired) electrons. The number of esters is 1. The molecule has 0 amide bonds. The van der Waals surface area contributed by atoms with E-state index in [1.54, 1.807) is 12.1 Å². The summed E-state index contributed by atoms with van der Waals surface area (Å²) in [6.45, 7) is 0.805. The molecule has 21 heavy (non-hydrogen) atoms. The number of carbonyl (C=O) groups excluding carboxylic acids is 2. The van der Waals surface area contributed by atoms with Gasteiger partial charge in [0, 0.05) is 6.92 Å². The van der Waals surface area contributed by atoms with E-state index in [1.165, 1.54) is 5.94 Å². The lowest BCUT2D eigenvalue weighted by atomic mass is 10.1. The van der Waals surface area contributed by atoms with E-state index in [0.29, 0.717) is 0 Å². The summed E-state index contributed by atoms with van der Waals surface area (Å²) in [4.78, 5) is 37.6. The normalized spacial score (nSPS) is 11.3. The van der Waals surface area contributed by atoms with Gasteiger partial charge in [-0.05, 0) is 5.56 Å². The quantitative estimate of drug-likeness (QED) is 0.408. The van der Waals surface area contributed by atoms with Crippen molar-refractivity contribution in [2.45, 2.75) is 19.6 Å². The number of carboxylic acid groups (broad SMARTS) is 1. The van der Waals surface area contributed by atoms with Crippen LogP contribution in [-0.2, 0) is 30.6 Å². The van der Waals surface area contributed by atoms with E-state index in [9.17, 15) is 14.4 Å². The first-order chi connectivity index (χ1) is 10.0. The second kappa shape index (κ2) is 8.65. The number of aliphatic carboxylic acids is 1. The number of hydrogen-bond acceptors (Lipinski definition) is 6. The molecule has 0 aliphatic heterocycles. The Morgan fingerprint density at radius 3 is 2.52 bits per heavy atom. The third-order valence-corrected chi connectivity index (χ3v) is 2.44. The van der Waals surface area contributed by atoms with Crippen molar-refractivity contribution >= 4 is 17.9 Å². The number of carbonyl (C=O) groups is 2. The first-order valence-electron chi connectivity index (χ1n) is 6.06. The van der Waals surface area contributed by atoms with Crippen molar-refractivity contribution in [3.05, 3.63) is 41.5 Å². The van der Waals surface area contributed by atoms with E-state index in [-0.39, 0.29) is 12.2 Å². The SMILES string of the molecule is CC(=O)OCC(=C=O)[C@H](NOCc1ccccc1)C(=O)O. The van der Waals surface area contributed by atoms with Crippen LogP contribution in [0.15, 0.2) is 35.9 Å². The Morgan fingerprint density at radius 2 is 2.00 bits per heavy atom. The fourth-order valence-corrected chi connectivity index (χ4v) is 1.40. The third kappa shape index (κ3) is 6.01. The van der Waals surface area contributed by atoms with Gasteiger partial charge in [-0.2, -0.15) is 5.48 Å². The molecule has 0 bridgehead atoms. The average molecular weight is 293 g/mol. The minimum atomic E-state index is -1.44. The summed E-state index contributed by atoms with van der Waals surface area (Å²) in [5.41, 5.74) is 2.80. The molecule has 0 fully saturated rings. The smallest absolute Gasteiger partial charge is 0.328 e. The van der Waals surface area contributed by atoms with E-state index >= 15 is 0 Å². The third-order valence-electron chi connectivity index (χ3n) is 2.44. The zero-order chi connectivity index (χ0) is 15.7. The topological polar surface area (TPSA) is 102 Å². The summed E-state index contributed by atoms with van der Waals surface area (Å²) >= 11 is 0. The van der Waals surface area contributed by atoms with Gasteiger partial charge < -0.3 is 9.84 Å². The van der Waals surface area contributed by atoms with Gasteiger partial charge in [-0.25, -0.2) is 4.79 Å². The van der Waals surface area contributed by atoms with Crippen LogP contribution in [-0.4, -0.2) is 35.6 Å². The molecule has 7 nitrogen and oxygen atoms in total. The lowest BCUT2D eigenvalue weighted by molar-refractivity contribution is -0.145. The first-order valence-corrected chi connectivity index (χ1v) is 6.06. The Bertz CT molecular complexity index is 536. The molecule has 0 spiro atoms. The van der Waals surface area contributed by atoms with Crippen LogP contribution < -0.4 is 5.48 Å². The molecular weight excluding hydrogens is 278 g/mol. The highest BCUT2D eigenvalue weighted by Gasteiger charge is 2.24. The average Bonchev–Trinajstić information content (AvgIpc) is 2.46. The minimum absolute atomic E-state index is 0.115. The summed E-state index contributed by atoms with van der Waals surface area (Å²) in [6.07, 6.45) is 0. The predicted molar refractivity (Wildman–Crippen MR) is 71.6 cm³/mol. The highest BCUT2D eigenvalue weighted by atomic mass is 16.6. The summed E-state index contributed by atoms with van der Waals surface area (Å²) in [5, 5.41) is 9.05. The van der Waals surface area contributed by atoms with Crippen molar-refractivity contribution in [1.82, 2.24) is 5.48 Å². The second-order valence-electron chi connectivity index (χ2n) is 4.07. The number of hydrogen-bond donors (Lipinski definition) is 2. The van der Waals surface area contributed by atoms with Crippen molar-refractivity contribution in [2.75, 3.05) is 6.61 Å². The largest absolute Gasteiger partial charge is 0.480 e. The Balaban J connectivity index is 2.58. The molecule has 2 N–H and O–H groups in total. The van der Waals surface area contributed by atoms with E-state index in [4.69, 9.17) is 9.94 Å². The van der Waals surface area contributed by atoms with Gasteiger partial charge in [0.1, 0.15) is 12.5 Å². The number of nitrogens with one attached hydrogen (secondary N) is 1. The van der Waals surface area contributed by atoms with Gasteiger partial charge in [0.25, 0.3) is 0 Å². The zero-order valence-electron chi connectivity index (χ0n) is 11.4. The molecule has 0 aromatic heterocycles. The maximum absolute atomic E-state index is 11.1. The molecule has 0 aliphatic rings. The van der Waals surface area contributed by atoms with Gasteiger partial charge in [0.15, 0.2) is 6.04 Å². The zero-order valence-corrected chi connectivity index (χ0v) is 11.4. The standard InChI is InChI=1S/C14H15NO6/c1-10(17)20-9-12(7-16)13(14(18)19)15-21-8-11-5-3-2-4-6-11/h2-6,13,15H,8-9H2,1H3,(H,18,19)/t13-/m0/s1. The molecule has 0 aliphatic carbocycles. The number of benzene rings is 1. The molecule has 0 saturated heterocycles. The molecule has 1 atom stereocenters. The Kier molecular flexibility index (Phi) is 6.83. The number of rotatable bonds is 8. The fraction of sp³-hybridized carbons (Fsp3) is 0.286. The van der Waals surface area contributed by atoms with Crippen LogP contribution in [0.5, 0.6) is 0 Å². The van der Waals surface area contributed by atoms with Crippen molar-refractivity contribution in [1.29, 1.82) is 0 Å². The lowest BCUT2D eigenvalue weighted by Gasteiger charge is -2.15. The first kappa shape index (κ1) is 16.6. The second-order valence-corrected chi connectivity index (χ2v) is 4.07. The monoisotopic (exact) mass is 293 g/mol. The predicted octanol–water partition coefficient (Wildman–Crippen LogP) is 0.482. The minimum Gasteiger partial charge on any atom is -0.480 e. The fourth-order valence-electron chi connectivity index (χ4n) is 1.40. The Morgan fingerprint density at radius 1 is 1.33 bits per heavy atom. The van der Waals surface area contributed by atoms with Gasteiger partial charge in [0.05, 0.1) is 12.2 Å². The molecular formula is C14H15NO6. The summed E-state index contributed by atoms with van der Waals surface area (Å²) in [7, 11) is 0. The van der Waals surface area contributed by atoms with E-state index in [0.717, 1.165) is 12.5 Å². The summed E-state index contributed by atoms with van der Waals surface area (Å²) in [5.74, 6) is -0.513. The molecule has 0 unspecified atom stereocenters. The molecule has 1 aromatic rings. The summed E-state index contributed by atoms with van der Waals surface area (Å²) in [6, 6.07) is 7.61. The van der Waals surface area contributed by atoms with Crippen LogP contribution in [0, 0.1) is 0 Å². The van der Waals surface area contributed by atoms with Crippen molar-refractivity contribution in [2.24, 2.45) is 0 Å². The van der Waals surface area contributed by atoms with Crippen LogP contribution in [0.25, 0.3) is 0 Å². The van der Waals surface area contributed by atoms with Crippen LogP contribution in [0.1, 0.15) is 12.5 Å². The van der Waals surface area contributed by atoms with Gasteiger partial charge in [-0.1, -0.05) is 30.3 Å². The van der Waals surface area contributed by atoms with Crippen LogP contribution >= 0.6 is 0 Å². The van der Waals surface area contributed by atoms with E-state index in [1.807, 2.05) is 18.2 Å². The van der Waals surface area contributed by atoms with E-state index in [2.05, 4.69) is 10.2 Å². The maximum atomic E-state index is 11.1. The van der Waals surface area contributed by atoms with Gasteiger partial charge in [-0.15, -0.1) is 0 Å². The molecule has 0 heterocycles. The molecule has 1 rings (SSSR count). The highest BCUT2D eigenvalue weighted by Crippen LogP contribution is 2.04. The Labute approximate surface area is 121 Å². The lowest BCUT2D eigenvalue weighted by Crippen LogP contribution is -2.40. The van der Waals surface area contributed by atoms with Gasteiger partial charge >= 0.3 is 11.9 Å². The maximum Gasteiger partial charge on any atom is 0.328 e. The molecule has 0 saturated carbocycles. The molecule has 1 aromatic carbocycles. The highest BCUT2D eigenvalue weighted by molar-refractivity contribution is 5.81. The Hall–Kier alpha value is -2.47. The molecule has 7 heteroatoms. The van der Waals surface area contributed by atoms with Crippen LogP contribution in [0.2, 0.25) is 0 Å². The van der Waals surface area contributed by atoms with Crippen molar-refractivity contribution in [3.63, 3.8) is 0 Å². The molecule has 112 valence electrons. The van der Waals surface area contributed by atoms with Crippen LogP contribution in [0.3, 0.4) is 0 Å². The van der Waals surface area contributed by atoms with Crippen molar-refractivity contribution in [3.8, 4) is 0 Å².